The summed E-state index contributed by atoms with van der Waals surface area (Å²) in [6, 6.07) is 0. The zero-order chi connectivity index (χ0) is 17.1. The standard InChI is InChI=1S/C10H13N5O5.C3H6.H2O/c11-10-13-7-4(8(19)14-10)12-2-15(7)9-6(18)5(17)3(1-16)20-9;1-3-2;/h2-3,5-6,9,16-18H,1H2,(H3,11,13,14,19);3H,1H2,2H3;1H2/t3-,5-,6-,9-;;/m1../s1. The topological polar surface area (TPSA) is 191 Å². The van der Waals surface area contributed by atoms with Crippen LogP contribution in [0.5, 0.6) is 0 Å². The van der Waals surface area contributed by atoms with Gasteiger partial charge in [-0.3, -0.25) is 14.3 Å². The molecule has 11 heteroatoms. The van der Waals surface area contributed by atoms with E-state index in [9.17, 15) is 15.0 Å². The van der Waals surface area contributed by atoms with Crippen LogP contribution in [0, 0.1) is 0 Å². The summed E-state index contributed by atoms with van der Waals surface area (Å²) in [6.07, 6.45) is -1.46. The Bertz CT molecular complexity index is 744. The van der Waals surface area contributed by atoms with Crippen molar-refractivity contribution in [3.8, 4) is 0 Å². The lowest BCUT2D eigenvalue weighted by atomic mass is 10.1. The minimum atomic E-state index is -1.29. The second kappa shape index (κ2) is 7.99. The third-order valence-electron chi connectivity index (χ3n) is 3.24. The van der Waals surface area contributed by atoms with E-state index in [1.807, 2.05) is 6.92 Å². The van der Waals surface area contributed by atoms with E-state index < -0.39 is 36.7 Å². The molecule has 134 valence electrons. The number of aliphatic hydroxyl groups is 3. The minimum Gasteiger partial charge on any atom is -0.412 e. The van der Waals surface area contributed by atoms with Gasteiger partial charge in [-0.1, -0.05) is 6.08 Å². The number of hydrogen-bond acceptors (Lipinski definition) is 8. The fourth-order valence-corrected chi connectivity index (χ4v) is 2.24. The lowest BCUT2D eigenvalue weighted by Crippen LogP contribution is -2.33. The molecular weight excluding hydrogens is 322 g/mol. The molecule has 3 heterocycles. The molecule has 1 saturated heterocycles. The molecule has 0 aromatic carbocycles. The molecule has 1 fully saturated rings. The maximum absolute atomic E-state index is 11.7. The lowest BCUT2D eigenvalue weighted by molar-refractivity contribution is -0.0511. The Hall–Kier alpha value is -2.31. The first kappa shape index (κ1) is 19.7. The summed E-state index contributed by atoms with van der Waals surface area (Å²) >= 11 is 0. The minimum absolute atomic E-state index is 0. The number of nitrogens with zero attached hydrogens (tertiary/aromatic N) is 3. The first-order valence-corrected chi connectivity index (χ1v) is 6.86. The zero-order valence-corrected chi connectivity index (χ0v) is 13.0. The van der Waals surface area contributed by atoms with Crippen molar-refractivity contribution in [3.05, 3.63) is 29.3 Å². The second-order valence-electron chi connectivity index (χ2n) is 4.91. The van der Waals surface area contributed by atoms with E-state index in [4.69, 9.17) is 15.6 Å². The summed E-state index contributed by atoms with van der Waals surface area (Å²) in [4.78, 5) is 21.8. The highest BCUT2D eigenvalue weighted by molar-refractivity contribution is 5.70. The van der Waals surface area contributed by atoms with Gasteiger partial charge in [0.15, 0.2) is 17.4 Å². The highest BCUT2D eigenvalue weighted by Gasteiger charge is 2.44. The molecule has 0 spiro atoms. The molecule has 4 atom stereocenters. The SMILES string of the molecule is C=CC.Nc1nc2c(ncn2[C@@H]2O[C@H](CO)[C@@H](O)[C@H]2O)c(=O)[nH]1.O. The average Bonchev–Trinajstić information content (AvgIpc) is 3.03. The smallest absolute Gasteiger partial charge is 0.280 e. The predicted octanol–water partition coefficient (Wildman–Crippen LogP) is -2.32. The molecule has 3 rings (SSSR count). The van der Waals surface area contributed by atoms with E-state index in [-0.39, 0.29) is 22.6 Å². The predicted molar refractivity (Wildman–Crippen MR) is 85.1 cm³/mol. The van der Waals surface area contributed by atoms with Crippen LogP contribution < -0.4 is 11.3 Å². The number of nitrogen functional groups attached to an aromatic ring is 1. The van der Waals surface area contributed by atoms with Crippen LogP contribution >= 0.6 is 0 Å². The van der Waals surface area contributed by atoms with Gasteiger partial charge >= 0.3 is 0 Å². The van der Waals surface area contributed by atoms with Gasteiger partial charge in [-0.25, -0.2) is 4.98 Å². The number of H-pyrrole nitrogens is 1. The van der Waals surface area contributed by atoms with Crippen LogP contribution in [-0.2, 0) is 4.74 Å². The number of anilines is 1. The van der Waals surface area contributed by atoms with E-state index in [2.05, 4.69) is 21.5 Å². The number of hydrogen-bond donors (Lipinski definition) is 5. The quantitative estimate of drug-likeness (QED) is 0.375. The normalized spacial score (nSPS) is 25.7. The largest absolute Gasteiger partial charge is 0.412 e. The van der Waals surface area contributed by atoms with Gasteiger partial charge in [-0.2, -0.15) is 4.98 Å². The molecule has 0 aliphatic carbocycles. The summed E-state index contributed by atoms with van der Waals surface area (Å²) in [6.45, 7) is 4.80. The van der Waals surface area contributed by atoms with E-state index in [1.165, 1.54) is 10.9 Å². The van der Waals surface area contributed by atoms with Crippen LogP contribution in [0.25, 0.3) is 11.2 Å². The van der Waals surface area contributed by atoms with E-state index >= 15 is 0 Å². The van der Waals surface area contributed by atoms with Crippen LogP contribution in [-0.4, -0.2) is 65.2 Å². The number of nitrogens with one attached hydrogen (secondary N) is 1. The molecule has 0 bridgehead atoms. The van der Waals surface area contributed by atoms with Gasteiger partial charge in [0.05, 0.1) is 12.9 Å². The molecule has 0 radical (unpaired) electrons. The van der Waals surface area contributed by atoms with Crippen LogP contribution in [0.3, 0.4) is 0 Å². The number of aliphatic hydroxyl groups excluding tert-OH is 3. The van der Waals surface area contributed by atoms with Crippen molar-refractivity contribution < 1.29 is 25.5 Å². The van der Waals surface area contributed by atoms with Crippen LogP contribution in [0.4, 0.5) is 5.95 Å². The van der Waals surface area contributed by atoms with Gasteiger partial charge in [0.25, 0.3) is 5.56 Å². The summed E-state index contributed by atoms with van der Waals surface area (Å²) in [5.74, 6) is -0.101. The maximum Gasteiger partial charge on any atom is 0.280 e. The van der Waals surface area contributed by atoms with Crippen molar-refractivity contribution in [2.24, 2.45) is 0 Å². The number of aromatic amines is 1. The van der Waals surface area contributed by atoms with Crippen molar-refractivity contribution >= 4 is 17.1 Å². The molecule has 0 unspecified atom stereocenters. The van der Waals surface area contributed by atoms with Crippen molar-refractivity contribution in [2.75, 3.05) is 12.3 Å². The Kier molecular flexibility index (Phi) is 6.57. The Morgan fingerprint density at radius 2 is 2.12 bits per heavy atom. The third kappa shape index (κ3) is 3.44. The van der Waals surface area contributed by atoms with Crippen molar-refractivity contribution in [3.63, 3.8) is 0 Å². The van der Waals surface area contributed by atoms with Crippen molar-refractivity contribution in [1.29, 1.82) is 0 Å². The van der Waals surface area contributed by atoms with E-state index in [1.54, 1.807) is 6.08 Å². The van der Waals surface area contributed by atoms with E-state index in [0.717, 1.165) is 0 Å². The molecule has 24 heavy (non-hydrogen) atoms. The van der Waals surface area contributed by atoms with Gasteiger partial charge in [0, 0.05) is 0 Å². The average molecular weight is 343 g/mol. The number of fused-ring (bicyclic) bond motifs is 1. The third-order valence-corrected chi connectivity index (χ3v) is 3.24. The highest BCUT2D eigenvalue weighted by atomic mass is 16.6. The molecule has 0 amide bonds. The number of nitrogens with two attached hydrogens (primary N) is 1. The summed E-state index contributed by atoms with van der Waals surface area (Å²) < 4.78 is 6.64. The summed E-state index contributed by atoms with van der Waals surface area (Å²) in [7, 11) is 0. The Balaban J connectivity index is 0.000000671. The fraction of sp³-hybridized carbons (Fsp3) is 0.462. The molecule has 2 aromatic heterocycles. The van der Waals surface area contributed by atoms with Gasteiger partial charge in [0.2, 0.25) is 5.95 Å². The van der Waals surface area contributed by atoms with Gasteiger partial charge in [-0.05, 0) is 6.92 Å². The van der Waals surface area contributed by atoms with Crippen LogP contribution in [0.1, 0.15) is 13.2 Å². The Morgan fingerprint density at radius 1 is 1.50 bits per heavy atom. The number of rotatable bonds is 2. The molecule has 11 nitrogen and oxygen atoms in total. The highest BCUT2D eigenvalue weighted by Crippen LogP contribution is 2.30. The molecule has 8 N–H and O–H groups in total. The van der Waals surface area contributed by atoms with Crippen LogP contribution in [0.2, 0.25) is 0 Å². The van der Waals surface area contributed by atoms with Crippen molar-refractivity contribution in [2.45, 2.75) is 31.5 Å². The number of aromatic nitrogens is 4. The zero-order valence-electron chi connectivity index (χ0n) is 13.0. The molecule has 2 aromatic rings. The fourth-order valence-electron chi connectivity index (χ4n) is 2.24. The molecule has 0 saturated carbocycles. The second-order valence-corrected chi connectivity index (χ2v) is 4.91. The number of imidazole rings is 1. The van der Waals surface area contributed by atoms with Crippen LogP contribution in [0.15, 0.2) is 23.8 Å². The number of ether oxygens (including phenoxy) is 1. The molecule has 1 aliphatic rings. The Morgan fingerprint density at radius 3 is 2.67 bits per heavy atom. The molecule has 1 aliphatic heterocycles. The monoisotopic (exact) mass is 343 g/mol. The summed E-state index contributed by atoms with van der Waals surface area (Å²) in [5.41, 5.74) is 5.12. The van der Waals surface area contributed by atoms with E-state index in [0.29, 0.717) is 0 Å². The van der Waals surface area contributed by atoms with Gasteiger partial charge < -0.3 is 31.3 Å². The lowest BCUT2D eigenvalue weighted by Gasteiger charge is -2.16. The first-order valence-electron chi connectivity index (χ1n) is 6.86. The maximum atomic E-state index is 11.7. The van der Waals surface area contributed by atoms with Gasteiger partial charge in [0.1, 0.15) is 18.3 Å². The Labute approximate surface area is 136 Å². The van der Waals surface area contributed by atoms with Gasteiger partial charge in [-0.15, -0.1) is 6.58 Å². The first-order chi connectivity index (χ1) is 10.9. The van der Waals surface area contributed by atoms with Crippen molar-refractivity contribution in [1.82, 2.24) is 19.5 Å². The summed E-state index contributed by atoms with van der Waals surface area (Å²) in [5, 5.41) is 28.7. The number of allylic oxidation sites excluding steroid dienone is 1. The molecular formula is C13H21N5O6.